The summed E-state index contributed by atoms with van der Waals surface area (Å²) in [4.78, 5) is 0. The van der Waals surface area contributed by atoms with Crippen molar-refractivity contribution >= 4 is 14.5 Å². The zero-order valence-corrected chi connectivity index (χ0v) is 8.70. The van der Waals surface area contributed by atoms with Crippen LogP contribution < -0.4 is 0 Å². The van der Waals surface area contributed by atoms with Crippen LogP contribution in [-0.4, -0.2) is 26.9 Å². The zero-order valence-electron chi connectivity index (χ0n) is 7.55. The molecule has 0 rings (SSSR count). The number of hydrogen-bond acceptors (Lipinski definition) is 2. The van der Waals surface area contributed by atoms with Crippen LogP contribution in [-0.2, 0) is 8.53 Å². The largest absolute Gasteiger partial charge is 0.478 e. The number of ether oxygens (including phenoxy) is 1. The Morgan fingerprint density at radius 1 is 1.10 bits per heavy atom. The molecule has 1 unspecified atom stereocenters. The highest BCUT2D eigenvalue weighted by Crippen LogP contribution is 2.00. The minimum Gasteiger partial charge on any atom is -0.478 e. The van der Waals surface area contributed by atoms with E-state index >= 15 is 0 Å². The number of hydrogen-bond donors (Lipinski definition) is 0. The van der Waals surface area contributed by atoms with E-state index in [9.17, 15) is 0 Å². The molecule has 0 fully saturated rings. The van der Waals surface area contributed by atoms with E-state index in [1.54, 1.807) is 0 Å². The summed E-state index contributed by atoms with van der Waals surface area (Å²) in [6, 6.07) is 0. The molecule has 0 aromatic heterocycles. The lowest BCUT2D eigenvalue weighted by Gasteiger charge is -2.18. The molecule has 0 aliphatic rings. The van der Waals surface area contributed by atoms with Crippen LogP contribution in [0.2, 0.25) is 11.6 Å². The van der Waals surface area contributed by atoms with Crippen LogP contribution in [0.5, 0.6) is 0 Å². The minimum atomic E-state index is -0.912. The first-order chi connectivity index (χ1) is 4.52. The highest BCUT2D eigenvalue weighted by atomic mass is 27.2. The van der Waals surface area contributed by atoms with Gasteiger partial charge in [-0.05, 0) is 20.8 Å². The molecule has 0 saturated heterocycles. The first-order valence-electron chi connectivity index (χ1n) is 3.83. The molecule has 0 aliphatic carbocycles. The van der Waals surface area contributed by atoms with E-state index < -0.39 is 14.5 Å². The van der Waals surface area contributed by atoms with Crippen molar-refractivity contribution in [3.8, 4) is 0 Å². The summed E-state index contributed by atoms with van der Waals surface area (Å²) in [7, 11) is 0. The molecular formula is C7H17AlO2. The van der Waals surface area contributed by atoms with Gasteiger partial charge in [-0.1, -0.05) is 11.6 Å². The molecule has 0 radical (unpaired) electrons. The van der Waals surface area contributed by atoms with Gasteiger partial charge in [-0.25, -0.2) is 0 Å². The van der Waals surface area contributed by atoms with Gasteiger partial charge in [-0.3, -0.25) is 0 Å². The Kier molecular flexibility index (Phi) is 5.38. The molecule has 0 amide bonds. The summed E-state index contributed by atoms with van der Waals surface area (Å²) < 4.78 is 10.9. The average molecular weight is 160 g/mol. The molecule has 2 nitrogen and oxygen atoms in total. The van der Waals surface area contributed by atoms with Crippen molar-refractivity contribution in [2.75, 3.05) is 0 Å². The van der Waals surface area contributed by atoms with E-state index in [4.69, 9.17) is 8.53 Å². The van der Waals surface area contributed by atoms with E-state index in [-0.39, 0.29) is 12.4 Å². The second-order valence-electron chi connectivity index (χ2n) is 2.94. The van der Waals surface area contributed by atoms with Crippen molar-refractivity contribution in [2.24, 2.45) is 0 Å². The van der Waals surface area contributed by atoms with E-state index in [0.717, 1.165) is 0 Å². The maximum Gasteiger partial charge on any atom is 0.455 e. The summed E-state index contributed by atoms with van der Waals surface area (Å²) in [6.07, 6.45) is 0.245. The molecular weight excluding hydrogens is 143 g/mol. The molecule has 1 atom stereocenters. The van der Waals surface area contributed by atoms with Crippen LogP contribution in [0, 0.1) is 0 Å². The Morgan fingerprint density at radius 2 is 1.60 bits per heavy atom. The Balaban J connectivity index is 3.34. The van der Waals surface area contributed by atoms with Gasteiger partial charge in [-0.2, -0.15) is 0 Å². The van der Waals surface area contributed by atoms with Gasteiger partial charge in [0.25, 0.3) is 0 Å². The lowest BCUT2D eigenvalue weighted by atomic mass is 10.5. The topological polar surface area (TPSA) is 18.5 Å². The predicted molar refractivity (Wildman–Crippen MR) is 44.3 cm³/mol. The van der Waals surface area contributed by atoms with Crippen LogP contribution >= 0.6 is 0 Å². The van der Waals surface area contributed by atoms with Crippen molar-refractivity contribution in [3.05, 3.63) is 0 Å². The summed E-state index contributed by atoms with van der Waals surface area (Å²) in [6.45, 7) is 5.98. The fourth-order valence-corrected chi connectivity index (χ4v) is 1.63. The second kappa shape index (κ2) is 5.15. The first-order valence-corrected chi connectivity index (χ1v) is 6.61. The molecule has 10 heavy (non-hydrogen) atoms. The molecule has 0 heterocycles. The zero-order chi connectivity index (χ0) is 8.15. The summed E-state index contributed by atoms with van der Waals surface area (Å²) >= 11 is -0.912. The third-order valence-corrected chi connectivity index (χ3v) is 1.86. The average Bonchev–Trinajstić information content (AvgIpc) is 1.58. The maximum atomic E-state index is 5.48. The Bertz CT molecular complexity index is 73.7. The molecule has 0 aromatic rings. The fourth-order valence-electron chi connectivity index (χ4n) is 0.799. The first kappa shape index (κ1) is 10.5. The predicted octanol–water partition coefficient (Wildman–Crippen LogP) is 2.03. The SMILES string of the molecule is CC(C)OC(C)[O][Al]([CH3])[CH3]. The summed E-state index contributed by atoms with van der Waals surface area (Å²) in [5.74, 6) is 4.28. The monoisotopic (exact) mass is 160 g/mol. The molecule has 60 valence electrons. The fraction of sp³-hybridized carbons (Fsp3) is 1.00. The Labute approximate surface area is 68.2 Å². The van der Waals surface area contributed by atoms with Gasteiger partial charge in [0.05, 0.1) is 6.10 Å². The van der Waals surface area contributed by atoms with Gasteiger partial charge in [0.1, 0.15) is 6.29 Å². The Morgan fingerprint density at radius 3 is 1.90 bits per heavy atom. The van der Waals surface area contributed by atoms with Crippen molar-refractivity contribution < 1.29 is 8.53 Å². The molecule has 0 N–H and O–H groups in total. The van der Waals surface area contributed by atoms with Crippen molar-refractivity contribution in [3.63, 3.8) is 0 Å². The normalized spacial score (nSPS) is 13.8. The van der Waals surface area contributed by atoms with Crippen molar-refractivity contribution in [2.45, 2.75) is 44.7 Å². The van der Waals surface area contributed by atoms with Crippen LogP contribution in [0.1, 0.15) is 20.8 Å². The third-order valence-electron chi connectivity index (χ3n) is 0.928. The van der Waals surface area contributed by atoms with Crippen molar-refractivity contribution in [1.82, 2.24) is 0 Å². The van der Waals surface area contributed by atoms with Gasteiger partial charge in [0.2, 0.25) is 0 Å². The van der Waals surface area contributed by atoms with Crippen molar-refractivity contribution in [1.29, 1.82) is 0 Å². The highest BCUT2D eigenvalue weighted by molar-refractivity contribution is 6.48. The molecule has 0 aromatic carbocycles. The lowest BCUT2D eigenvalue weighted by molar-refractivity contribution is -0.0968. The van der Waals surface area contributed by atoms with Gasteiger partial charge in [0.15, 0.2) is 0 Å². The van der Waals surface area contributed by atoms with E-state index in [1.807, 2.05) is 20.8 Å². The van der Waals surface area contributed by atoms with E-state index in [0.29, 0.717) is 0 Å². The second-order valence-corrected chi connectivity index (χ2v) is 5.31. The maximum absolute atomic E-state index is 5.48. The molecule has 0 bridgehead atoms. The molecule has 0 saturated carbocycles. The van der Waals surface area contributed by atoms with E-state index in [2.05, 4.69) is 11.6 Å². The van der Waals surface area contributed by atoms with Crippen LogP contribution in [0.15, 0.2) is 0 Å². The van der Waals surface area contributed by atoms with Gasteiger partial charge in [-0.15, -0.1) is 0 Å². The summed E-state index contributed by atoms with van der Waals surface area (Å²) in [5.41, 5.74) is 0. The van der Waals surface area contributed by atoms with Crippen LogP contribution in [0.25, 0.3) is 0 Å². The van der Waals surface area contributed by atoms with Gasteiger partial charge >= 0.3 is 14.5 Å². The number of rotatable bonds is 4. The minimum absolute atomic E-state index is 0.0216. The Hall–Kier alpha value is 0.452. The van der Waals surface area contributed by atoms with Gasteiger partial charge in [0, 0.05) is 0 Å². The van der Waals surface area contributed by atoms with Crippen LogP contribution in [0.4, 0.5) is 0 Å². The quantitative estimate of drug-likeness (QED) is 0.462. The smallest absolute Gasteiger partial charge is 0.455 e. The standard InChI is InChI=1S/C5H11O2.2CH3.Al/c1-4(2)7-5(3)6;;;/h4-5H,1-3H3;2*1H3;/q-1;;;+1. The molecule has 0 aliphatic heterocycles. The highest BCUT2D eigenvalue weighted by Gasteiger charge is 2.10. The third kappa shape index (κ3) is 6.57. The van der Waals surface area contributed by atoms with Crippen LogP contribution in [0.3, 0.4) is 0 Å². The summed E-state index contributed by atoms with van der Waals surface area (Å²) in [5, 5.41) is 0. The van der Waals surface area contributed by atoms with Gasteiger partial charge < -0.3 is 8.53 Å². The lowest BCUT2D eigenvalue weighted by Crippen LogP contribution is -2.23. The van der Waals surface area contributed by atoms with E-state index in [1.165, 1.54) is 0 Å². The molecule has 0 spiro atoms. The molecule has 3 heteroatoms.